The molecule has 40 heavy (non-hydrogen) atoms. The number of aromatic nitrogens is 2. The van der Waals surface area contributed by atoms with Crippen LogP contribution in [0, 0.1) is 17.3 Å². The number of fused-ring (bicyclic) bond motifs is 6. The van der Waals surface area contributed by atoms with Crippen LogP contribution < -0.4 is 10.6 Å². The third-order valence-electron chi connectivity index (χ3n) is 8.29. The van der Waals surface area contributed by atoms with Crippen LogP contribution in [0.25, 0.3) is 0 Å². The first kappa shape index (κ1) is 27.0. The molecule has 6 rings (SSSR count). The second-order valence-electron chi connectivity index (χ2n) is 10.2. The van der Waals surface area contributed by atoms with Crippen molar-refractivity contribution < 1.29 is 45.8 Å². The summed E-state index contributed by atoms with van der Waals surface area (Å²) in [5, 5.41) is 14.8. The van der Waals surface area contributed by atoms with Gasteiger partial charge in [0, 0.05) is 22.7 Å². The molecule has 0 bridgehead atoms. The third kappa shape index (κ3) is 3.43. The van der Waals surface area contributed by atoms with Crippen LogP contribution in [0.3, 0.4) is 0 Å². The van der Waals surface area contributed by atoms with Crippen LogP contribution >= 0.6 is 23.2 Å². The molecular weight excluding hydrogens is 595 g/mol. The summed E-state index contributed by atoms with van der Waals surface area (Å²) in [4.78, 5) is 47.9. The fraction of sp³-hybridized carbons (Fsp3) is 0.435. The lowest BCUT2D eigenvalue weighted by atomic mass is 9.73. The van der Waals surface area contributed by atoms with Crippen molar-refractivity contribution in [1.29, 1.82) is 0 Å². The molecule has 1 spiro atoms. The molecule has 1 aromatic heterocycles. The van der Waals surface area contributed by atoms with E-state index in [9.17, 15) is 45.8 Å². The number of aliphatic carboxylic acids is 1. The maximum atomic E-state index is 14.3. The van der Waals surface area contributed by atoms with Crippen LogP contribution in [-0.2, 0) is 26.1 Å². The maximum absolute atomic E-state index is 14.3. The largest absolute Gasteiger partial charge is 0.481 e. The molecule has 17 heteroatoms. The molecule has 2 amide bonds. The van der Waals surface area contributed by atoms with E-state index < -0.39 is 89.4 Å². The number of benzene rings is 1. The van der Waals surface area contributed by atoms with E-state index in [-0.39, 0.29) is 21.3 Å². The highest BCUT2D eigenvalue weighted by Crippen LogP contribution is 2.74. The van der Waals surface area contributed by atoms with Gasteiger partial charge in [-0.05, 0) is 25.0 Å². The van der Waals surface area contributed by atoms with Gasteiger partial charge >= 0.3 is 18.3 Å². The van der Waals surface area contributed by atoms with Crippen molar-refractivity contribution in [1.82, 2.24) is 14.9 Å². The number of piperidine rings is 1. The van der Waals surface area contributed by atoms with Gasteiger partial charge < -0.3 is 15.7 Å². The predicted molar refractivity (Wildman–Crippen MR) is 124 cm³/mol. The first-order valence-corrected chi connectivity index (χ1v) is 12.4. The van der Waals surface area contributed by atoms with Crippen molar-refractivity contribution in [2.45, 2.75) is 42.8 Å². The third-order valence-corrected chi connectivity index (χ3v) is 8.81. The number of rotatable bonds is 3. The second kappa shape index (κ2) is 8.19. The Bertz CT molecular complexity index is 1510. The van der Waals surface area contributed by atoms with Crippen molar-refractivity contribution in [2.75, 3.05) is 10.6 Å². The molecule has 9 nitrogen and oxygen atoms in total. The van der Waals surface area contributed by atoms with E-state index in [4.69, 9.17) is 23.2 Å². The number of carboxylic acids is 1. The van der Waals surface area contributed by atoms with Crippen LogP contribution in [-0.4, -0.2) is 56.0 Å². The summed E-state index contributed by atoms with van der Waals surface area (Å²) in [5.74, 6) is -8.44. The fourth-order valence-electron chi connectivity index (χ4n) is 6.77. The molecule has 4 aliphatic rings. The number of alkyl halides is 6. The molecule has 1 aliphatic carbocycles. The molecule has 0 radical (unpaired) electrons. The normalized spacial score (nSPS) is 32.5. The summed E-state index contributed by atoms with van der Waals surface area (Å²) in [5.41, 5.74) is -6.26. The number of carbonyl (C=O) groups excluding carboxylic acids is 2. The highest BCUT2D eigenvalue weighted by molar-refractivity contribution is 6.38. The molecule has 6 atom stereocenters. The van der Waals surface area contributed by atoms with E-state index in [0.717, 1.165) is 11.1 Å². The minimum Gasteiger partial charge on any atom is -0.481 e. The monoisotopic (exact) mass is 609 g/mol. The number of anilines is 2. The number of halogens is 8. The second-order valence-corrected chi connectivity index (χ2v) is 11.0. The quantitative estimate of drug-likeness (QED) is 0.443. The Labute approximate surface area is 229 Å². The fourth-order valence-corrected chi connectivity index (χ4v) is 7.31. The molecule has 3 N–H and O–H groups in total. The van der Waals surface area contributed by atoms with Crippen molar-refractivity contribution in [3.8, 4) is 0 Å². The molecular formula is C23H15Cl2F6N5O4. The van der Waals surface area contributed by atoms with Crippen LogP contribution in [0.1, 0.15) is 24.1 Å². The van der Waals surface area contributed by atoms with Crippen molar-refractivity contribution >= 4 is 52.5 Å². The van der Waals surface area contributed by atoms with Gasteiger partial charge in [0.25, 0.3) is 5.91 Å². The van der Waals surface area contributed by atoms with E-state index in [0.29, 0.717) is 6.20 Å². The topological polar surface area (TPSA) is 125 Å². The Morgan fingerprint density at radius 1 is 1.12 bits per heavy atom. The highest BCUT2D eigenvalue weighted by atomic mass is 35.5. The molecule has 5 unspecified atom stereocenters. The first-order chi connectivity index (χ1) is 18.5. The summed E-state index contributed by atoms with van der Waals surface area (Å²) in [6, 6.07) is -0.321. The minimum absolute atomic E-state index is 0.0375. The van der Waals surface area contributed by atoms with E-state index in [1.165, 1.54) is 12.1 Å². The maximum Gasteiger partial charge on any atom is 0.434 e. The number of hydrogen-bond acceptors (Lipinski definition) is 6. The van der Waals surface area contributed by atoms with Gasteiger partial charge in [0.05, 0.1) is 34.4 Å². The Balaban J connectivity index is 1.51. The summed E-state index contributed by atoms with van der Waals surface area (Å²) < 4.78 is 82.2. The summed E-state index contributed by atoms with van der Waals surface area (Å²) in [6.07, 6.45) is -9.67. The zero-order chi connectivity index (χ0) is 29.2. The zero-order valence-electron chi connectivity index (χ0n) is 19.6. The lowest BCUT2D eigenvalue weighted by molar-refractivity contribution is -0.189. The number of carboxylic acid groups (broad SMARTS) is 1. The molecule has 4 heterocycles. The van der Waals surface area contributed by atoms with Gasteiger partial charge in [0.2, 0.25) is 5.91 Å². The number of nitrogens with zero attached hydrogens (tertiary/aromatic N) is 3. The van der Waals surface area contributed by atoms with E-state index in [1.54, 1.807) is 0 Å². The molecule has 1 aromatic carbocycles. The van der Waals surface area contributed by atoms with Gasteiger partial charge in [-0.15, -0.1) is 0 Å². The van der Waals surface area contributed by atoms with Crippen molar-refractivity contribution in [2.24, 2.45) is 17.3 Å². The van der Waals surface area contributed by atoms with Crippen molar-refractivity contribution in [3.63, 3.8) is 0 Å². The average Bonchev–Trinajstić information content (AvgIpc) is 3.19. The summed E-state index contributed by atoms with van der Waals surface area (Å²) in [6.45, 7) is 0. The number of hydrogen-bond donors (Lipinski definition) is 3. The molecule has 1 saturated carbocycles. The van der Waals surface area contributed by atoms with Gasteiger partial charge in [0.15, 0.2) is 11.5 Å². The Hall–Kier alpha value is -3.17. The van der Waals surface area contributed by atoms with Gasteiger partial charge in [0.1, 0.15) is 11.5 Å². The van der Waals surface area contributed by atoms with E-state index in [2.05, 4.69) is 20.6 Å². The number of amides is 2. The van der Waals surface area contributed by atoms with Crippen LogP contribution in [0.4, 0.5) is 37.8 Å². The zero-order valence-corrected chi connectivity index (χ0v) is 21.1. The number of nitrogens with one attached hydrogen (secondary N) is 2. The van der Waals surface area contributed by atoms with Gasteiger partial charge in [-0.1, -0.05) is 23.2 Å². The smallest absolute Gasteiger partial charge is 0.434 e. The first-order valence-electron chi connectivity index (χ1n) is 11.6. The lowest BCUT2D eigenvalue weighted by Crippen LogP contribution is -2.54. The Morgan fingerprint density at radius 2 is 1.82 bits per heavy atom. The molecule has 3 fully saturated rings. The molecule has 212 valence electrons. The van der Waals surface area contributed by atoms with E-state index >= 15 is 0 Å². The highest BCUT2D eigenvalue weighted by Gasteiger charge is 2.85. The van der Waals surface area contributed by atoms with Crippen molar-refractivity contribution in [3.05, 3.63) is 45.8 Å². The van der Waals surface area contributed by atoms with Crippen LogP contribution in [0.15, 0.2) is 24.5 Å². The lowest BCUT2D eigenvalue weighted by Gasteiger charge is -2.36. The van der Waals surface area contributed by atoms with Crippen LogP contribution in [0.5, 0.6) is 0 Å². The predicted octanol–water partition coefficient (Wildman–Crippen LogP) is 4.31. The van der Waals surface area contributed by atoms with Gasteiger partial charge in [-0.2, -0.15) is 26.3 Å². The van der Waals surface area contributed by atoms with E-state index in [1.807, 2.05) is 0 Å². The molecule has 3 aliphatic heterocycles. The number of carbonyl (C=O) groups is 3. The summed E-state index contributed by atoms with van der Waals surface area (Å²) >= 11 is 12.4. The average molecular weight is 610 g/mol. The van der Waals surface area contributed by atoms with Crippen LogP contribution in [0.2, 0.25) is 10.0 Å². The SMILES string of the molecule is O=C(Nc1cncc(C(F)(F)F)n1)C1C2C[C@]3(C(F)(F)F)CC3N2C2(C(=O)Nc3c(Cl)cc(Cl)cc32)C1C(=O)O. The minimum atomic E-state index is -4.93. The Kier molecular flexibility index (Phi) is 5.54. The standard InChI is InChI=1S/C23H15Cl2F6N5O4/c24-7-1-8-16(9(25)2-7)35-19(40)21(8)15(18(38)39)14(10-3-20(23(29,30)31)4-12(20)36(10)21)17(37)34-13-6-32-5-11(33-13)22(26,27)28/h1-2,5-6,10,12,14-15H,3-4H2,(H,35,40)(H,38,39)(H,33,34,37)/t10?,12?,14?,15?,20-,21?/m0/s1. The molecule has 2 saturated heterocycles. The van der Waals surface area contributed by atoms with Gasteiger partial charge in [-0.3, -0.25) is 24.3 Å². The Morgan fingerprint density at radius 3 is 2.45 bits per heavy atom. The summed E-state index contributed by atoms with van der Waals surface area (Å²) in [7, 11) is 0. The van der Waals surface area contributed by atoms with Gasteiger partial charge in [-0.25, -0.2) is 4.98 Å². The molecule has 2 aromatic rings.